The van der Waals surface area contributed by atoms with Gasteiger partial charge in [-0.2, -0.15) is 5.10 Å². The Bertz CT molecular complexity index is 724. The number of nitrogens with one attached hydrogen (secondary N) is 2. The highest BCUT2D eigenvalue weighted by Crippen LogP contribution is 2.22. The van der Waals surface area contributed by atoms with Crippen LogP contribution in [0.4, 0.5) is 0 Å². The van der Waals surface area contributed by atoms with E-state index < -0.39 is 11.8 Å². The van der Waals surface area contributed by atoms with Gasteiger partial charge < -0.3 is 14.8 Å². The fourth-order valence-electron chi connectivity index (χ4n) is 2.86. The maximum atomic E-state index is 11.8. The number of morpholine rings is 1. The molecule has 0 unspecified atom stereocenters. The van der Waals surface area contributed by atoms with Crippen molar-refractivity contribution in [2.75, 3.05) is 33.4 Å². The molecule has 0 bridgehead atoms. The van der Waals surface area contributed by atoms with E-state index in [1.807, 2.05) is 18.2 Å². The number of methoxy groups -OCH3 is 1. The highest BCUT2D eigenvalue weighted by Gasteiger charge is 2.26. The summed E-state index contributed by atoms with van der Waals surface area (Å²) in [6.07, 6.45) is 1.86. The second-order valence-electron chi connectivity index (χ2n) is 6.80. The van der Waals surface area contributed by atoms with E-state index in [0.29, 0.717) is 5.71 Å². The third kappa shape index (κ3) is 5.51. The topological polar surface area (TPSA) is 92.3 Å². The van der Waals surface area contributed by atoms with Gasteiger partial charge in [0.25, 0.3) is 0 Å². The third-order valence-electron chi connectivity index (χ3n) is 4.64. The van der Waals surface area contributed by atoms with Crippen molar-refractivity contribution in [2.45, 2.75) is 32.4 Å². The molecule has 8 nitrogen and oxygen atoms in total. The van der Waals surface area contributed by atoms with Gasteiger partial charge in [0.15, 0.2) is 0 Å². The van der Waals surface area contributed by atoms with Crippen molar-refractivity contribution >= 4 is 17.5 Å². The largest absolute Gasteiger partial charge is 0.496 e. The first-order valence-electron chi connectivity index (χ1n) is 9.19. The molecule has 1 saturated carbocycles. The van der Waals surface area contributed by atoms with Crippen LogP contribution < -0.4 is 15.5 Å². The molecule has 2 N–H and O–H groups in total. The monoisotopic (exact) mass is 374 g/mol. The molecule has 0 spiro atoms. The van der Waals surface area contributed by atoms with E-state index in [2.05, 4.69) is 20.7 Å². The molecule has 1 aromatic carbocycles. The summed E-state index contributed by atoms with van der Waals surface area (Å²) in [5, 5.41) is 6.70. The Morgan fingerprint density at radius 3 is 2.67 bits per heavy atom. The quantitative estimate of drug-likeness (QED) is 0.433. The molecule has 1 aliphatic carbocycles. The lowest BCUT2D eigenvalue weighted by atomic mass is 10.1. The Morgan fingerprint density at radius 2 is 2.00 bits per heavy atom. The summed E-state index contributed by atoms with van der Waals surface area (Å²) in [5.74, 6) is -0.578. The van der Waals surface area contributed by atoms with Crippen LogP contribution >= 0.6 is 0 Å². The first-order chi connectivity index (χ1) is 13.1. The Hall–Kier alpha value is -2.45. The molecular formula is C19H26N4O4. The number of nitrogens with zero attached hydrogens (tertiary/aromatic N) is 2. The van der Waals surface area contributed by atoms with E-state index in [1.165, 1.54) is 0 Å². The van der Waals surface area contributed by atoms with Gasteiger partial charge >= 0.3 is 11.8 Å². The maximum absolute atomic E-state index is 11.8. The van der Waals surface area contributed by atoms with E-state index in [-0.39, 0.29) is 6.04 Å². The molecule has 3 rings (SSSR count). The highest BCUT2D eigenvalue weighted by molar-refractivity contribution is 6.35. The fraction of sp³-hybridized carbons (Fsp3) is 0.526. The minimum absolute atomic E-state index is 0.137. The van der Waals surface area contributed by atoms with Crippen LogP contribution in [-0.2, 0) is 20.9 Å². The summed E-state index contributed by atoms with van der Waals surface area (Å²) in [6, 6.07) is 5.92. The lowest BCUT2D eigenvalue weighted by Crippen LogP contribution is -2.39. The standard InChI is InChI=1S/C19H26N4O4/c1-13(21-22-19(25)18(24)20-16-4-5-16)14-3-6-17(26-2)15(11-14)12-23-7-9-27-10-8-23/h3,6,11,16H,4-5,7-10,12H2,1-2H3,(H,20,24)(H,22,25)/b21-13-. The maximum Gasteiger partial charge on any atom is 0.329 e. The Morgan fingerprint density at radius 1 is 1.26 bits per heavy atom. The van der Waals surface area contributed by atoms with Gasteiger partial charge in [0.2, 0.25) is 0 Å². The molecular weight excluding hydrogens is 348 g/mol. The first-order valence-corrected chi connectivity index (χ1v) is 9.19. The van der Waals surface area contributed by atoms with Gasteiger partial charge in [0.1, 0.15) is 5.75 Å². The molecule has 2 amide bonds. The lowest BCUT2D eigenvalue weighted by Gasteiger charge is -2.27. The molecule has 2 aliphatic rings. The zero-order valence-corrected chi connectivity index (χ0v) is 15.8. The predicted molar refractivity (Wildman–Crippen MR) is 101 cm³/mol. The van der Waals surface area contributed by atoms with E-state index in [4.69, 9.17) is 9.47 Å². The number of hydrazone groups is 1. The summed E-state index contributed by atoms with van der Waals surface area (Å²) < 4.78 is 10.9. The molecule has 0 radical (unpaired) electrons. The van der Waals surface area contributed by atoms with Crippen LogP contribution in [0.2, 0.25) is 0 Å². The van der Waals surface area contributed by atoms with Crippen LogP contribution in [0.3, 0.4) is 0 Å². The number of carbonyl (C=O) groups is 2. The number of rotatable bonds is 6. The number of hydrogen-bond donors (Lipinski definition) is 2. The van der Waals surface area contributed by atoms with E-state index in [1.54, 1.807) is 14.0 Å². The van der Waals surface area contributed by atoms with Crippen molar-refractivity contribution in [1.82, 2.24) is 15.6 Å². The lowest BCUT2D eigenvalue weighted by molar-refractivity contribution is -0.139. The molecule has 0 atom stereocenters. The molecule has 146 valence electrons. The second-order valence-corrected chi connectivity index (χ2v) is 6.80. The molecule has 0 aromatic heterocycles. The van der Waals surface area contributed by atoms with Gasteiger partial charge in [-0.05, 0) is 43.5 Å². The minimum Gasteiger partial charge on any atom is -0.496 e. The number of ether oxygens (including phenoxy) is 2. The van der Waals surface area contributed by atoms with Crippen molar-refractivity contribution < 1.29 is 19.1 Å². The molecule has 1 saturated heterocycles. The van der Waals surface area contributed by atoms with Crippen molar-refractivity contribution in [1.29, 1.82) is 0 Å². The molecule has 27 heavy (non-hydrogen) atoms. The number of amides is 2. The SMILES string of the molecule is COc1ccc(/C(C)=N\NC(=O)C(=O)NC2CC2)cc1CN1CCOCC1. The van der Waals surface area contributed by atoms with Gasteiger partial charge in [-0.15, -0.1) is 0 Å². The van der Waals surface area contributed by atoms with Crippen LogP contribution in [0, 0.1) is 0 Å². The predicted octanol–water partition coefficient (Wildman–Crippen LogP) is 0.646. The molecule has 8 heteroatoms. The number of hydrogen-bond acceptors (Lipinski definition) is 6. The van der Waals surface area contributed by atoms with Crippen molar-refractivity contribution in [3.05, 3.63) is 29.3 Å². The minimum atomic E-state index is -0.747. The normalized spacial score (nSPS) is 18.1. The highest BCUT2D eigenvalue weighted by atomic mass is 16.5. The summed E-state index contributed by atoms with van der Waals surface area (Å²) in [4.78, 5) is 25.8. The smallest absolute Gasteiger partial charge is 0.329 e. The Balaban J connectivity index is 1.65. The fourth-order valence-corrected chi connectivity index (χ4v) is 2.86. The van der Waals surface area contributed by atoms with E-state index in [9.17, 15) is 9.59 Å². The van der Waals surface area contributed by atoms with Crippen LogP contribution in [0.5, 0.6) is 5.75 Å². The van der Waals surface area contributed by atoms with Crippen LogP contribution in [0.25, 0.3) is 0 Å². The van der Waals surface area contributed by atoms with E-state index in [0.717, 1.165) is 62.6 Å². The molecule has 2 fully saturated rings. The zero-order chi connectivity index (χ0) is 19.2. The second kappa shape index (κ2) is 8.96. The van der Waals surface area contributed by atoms with E-state index >= 15 is 0 Å². The van der Waals surface area contributed by atoms with Crippen LogP contribution in [-0.4, -0.2) is 61.9 Å². The summed E-state index contributed by atoms with van der Waals surface area (Å²) in [5.41, 5.74) is 4.85. The average Bonchev–Trinajstić information content (AvgIpc) is 3.50. The average molecular weight is 374 g/mol. The molecule has 1 aromatic rings. The van der Waals surface area contributed by atoms with Gasteiger partial charge in [0.05, 0.1) is 26.0 Å². The van der Waals surface area contributed by atoms with Gasteiger partial charge in [-0.3, -0.25) is 14.5 Å². The van der Waals surface area contributed by atoms with Gasteiger partial charge in [0, 0.05) is 31.2 Å². The van der Waals surface area contributed by atoms with Crippen molar-refractivity contribution in [3.8, 4) is 5.75 Å². The van der Waals surface area contributed by atoms with Crippen LogP contribution in [0.1, 0.15) is 30.9 Å². The molecule has 1 heterocycles. The molecule has 1 aliphatic heterocycles. The Labute approximate surface area is 158 Å². The van der Waals surface area contributed by atoms with Gasteiger partial charge in [-0.25, -0.2) is 5.43 Å². The third-order valence-corrected chi connectivity index (χ3v) is 4.64. The summed E-state index contributed by atoms with van der Waals surface area (Å²) in [6.45, 7) is 5.78. The number of benzene rings is 1. The Kier molecular flexibility index (Phi) is 6.41. The summed E-state index contributed by atoms with van der Waals surface area (Å²) in [7, 11) is 1.65. The number of carbonyl (C=O) groups excluding carboxylic acids is 2. The van der Waals surface area contributed by atoms with Gasteiger partial charge in [-0.1, -0.05) is 0 Å². The first kappa shape index (κ1) is 19.3. The summed E-state index contributed by atoms with van der Waals surface area (Å²) >= 11 is 0. The van der Waals surface area contributed by atoms with Crippen molar-refractivity contribution in [2.24, 2.45) is 5.10 Å². The van der Waals surface area contributed by atoms with Crippen molar-refractivity contribution in [3.63, 3.8) is 0 Å². The zero-order valence-electron chi connectivity index (χ0n) is 15.8. The van der Waals surface area contributed by atoms with Crippen LogP contribution in [0.15, 0.2) is 23.3 Å².